The molecule has 5 nitrogen and oxygen atoms in total. The molecule has 0 aliphatic carbocycles. The van der Waals surface area contributed by atoms with E-state index in [1.807, 2.05) is 41.1 Å². The van der Waals surface area contributed by atoms with Crippen molar-refractivity contribution in [1.82, 2.24) is 14.5 Å². The highest BCUT2D eigenvalue weighted by Gasteiger charge is 2.43. The second-order valence-electron chi connectivity index (χ2n) is 10.8. The molecule has 0 bridgehead atoms. The zero-order valence-electron chi connectivity index (χ0n) is 21.9. The van der Waals surface area contributed by atoms with Crippen LogP contribution in [0.15, 0.2) is 85.2 Å². The van der Waals surface area contributed by atoms with Crippen molar-refractivity contribution in [2.75, 3.05) is 18.4 Å². The van der Waals surface area contributed by atoms with E-state index in [0.717, 1.165) is 22.8 Å². The lowest BCUT2D eigenvalue weighted by Crippen LogP contribution is -2.40. The lowest BCUT2D eigenvalue weighted by molar-refractivity contribution is -0.120. The van der Waals surface area contributed by atoms with Crippen molar-refractivity contribution in [3.8, 4) is 11.1 Å². The van der Waals surface area contributed by atoms with Crippen molar-refractivity contribution in [1.29, 1.82) is 0 Å². The minimum absolute atomic E-state index is 0.205. The van der Waals surface area contributed by atoms with Crippen LogP contribution in [0, 0.1) is 17.6 Å². The minimum atomic E-state index is -0.629. The van der Waals surface area contributed by atoms with E-state index in [9.17, 15) is 13.6 Å². The first kappa shape index (κ1) is 25.8. The van der Waals surface area contributed by atoms with Gasteiger partial charge in [0.05, 0.1) is 12.5 Å². The Kier molecular flexibility index (Phi) is 7.13. The summed E-state index contributed by atoms with van der Waals surface area (Å²) in [5.41, 5.74) is 3.48. The molecule has 0 saturated carbocycles. The number of nitrogens with zero attached hydrogens (tertiary/aromatic N) is 3. The SMILES string of the molecule is CC(C)(C)N1C[C@@H](C(=O)Nc2nccn2Cc2ccccc2-c2ccccc2)[C@H](c2ccc(F)cc2F)C1. The number of hydrogen-bond acceptors (Lipinski definition) is 3. The summed E-state index contributed by atoms with van der Waals surface area (Å²) in [4.78, 5) is 20.2. The molecule has 3 aromatic carbocycles. The normalized spacial score (nSPS) is 18.0. The molecule has 0 radical (unpaired) electrons. The number of benzene rings is 3. The molecular formula is C31H32F2N4O. The maximum absolute atomic E-state index is 14.8. The van der Waals surface area contributed by atoms with Crippen molar-refractivity contribution in [3.05, 3.63) is 108 Å². The Morgan fingerprint density at radius 2 is 1.74 bits per heavy atom. The predicted molar refractivity (Wildman–Crippen MR) is 146 cm³/mol. The van der Waals surface area contributed by atoms with Gasteiger partial charge in [-0.05, 0) is 49.1 Å². The second kappa shape index (κ2) is 10.5. The van der Waals surface area contributed by atoms with Gasteiger partial charge in [0.15, 0.2) is 0 Å². The molecule has 1 aliphatic rings. The van der Waals surface area contributed by atoms with E-state index in [0.29, 0.717) is 31.1 Å². The number of carbonyl (C=O) groups excluding carboxylic acids is 1. The molecule has 2 heterocycles. The number of rotatable bonds is 6. The van der Waals surface area contributed by atoms with Crippen LogP contribution in [0.5, 0.6) is 0 Å². The van der Waals surface area contributed by atoms with Gasteiger partial charge in [0, 0.05) is 43.0 Å². The standard InChI is InChI=1S/C31H32F2N4O/c1-31(2,3)37-19-26(25-14-13-23(32)17-28(25)33)27(20-37)29(38)35-30-34-15-16-36(30)18-22-11-7-8-12-24(22)21-9-5-4-6-10-21/h4-17,26-27H,18-20H2,1-3H3,(H,34,35,38)/t26-,27+/m0/s1. The van der Waals surface area contributed by atoms with Crippen LogP contribution in [0.1, 0.15) is 37.8 Å². The van der Waals surface area contributed by atoms with E-state index in [1.165, 1.54) is 12.1 Å². The fraction of sp³-hybridized carbons (Fsp3) is 0.290. The summed E-state index contributed by atoms with van der Waals surface area (Å²) in [6.07, 6.45) is 3.50. The van der Waals surface area contributed by atoms with E-state index >= 15 is 0 Å². The summed E-state index contributed by atoms with van der Waals surface area (Å²) in [6.45, 7) is 7.71. The quantitative estimate of drug-likeness (QED) is 0.327. The van der Waals surface area contributed by atoms with Crippen LogP contribution in [0.4, 0.5) is 14.7 Å². The van der Waals surface area contributed by atoms with Crippen molar-refractivity contribution in [2.45, 2.75) is 38.8 Å². The third kappa shape index (κ3) is 5.38. The molecule has 1 aliphatic heterocycles. The number of nitrogens with one attached hydrogen (secondary N) is 1. The molecule has 1 saturated heterocycles. The van der Waals surface area contributed by atoms with Gasteiger partial charge in [0.25, 0.3) is 0 Å². The highest BCUT2D eigenvalue weighted by molar-refractivity contribution is 5.92. The summed E-state index contributed by atoms with van der Waals surface area (Å²) in [5.74, 6) is -1.97. The Morgan fingerprint density at radius 1 is 1.00 bits per heavy atom. The van der Waals surface area contributed by atoms with Gasteiger partial charge >= 0.3 is 0 Å². The lowest BCUT2D eigenvalue weighted by Gasteiger charge is -2.31. The number of aromatic nitrogens is 2. The highest BCUT2D eigenvalue weighted by atomic mass is 19.1. The average Bonchev–Trinajstić information content (AvgIpc) is 3.52. The van der Waals surface area contributed by atoms with Crippen LogP contribution in [0.2, 0.25) is 0 Å². The molecule has 1 aromatic heterocycles. The molecule has 1 fully saturated rings. The van der Waals surface area contributed by atoms with E-state index < -0.39 is 23.5 Å². The molecule has 2 atom stereocenters. The first-order valence-corrected chi connectivity index (χ1v) is 12.9. The Hall–Kier alpha value is -3.84. The number of amides is 1. The van der Waals surface area contributed by atoms with Crippen molar-refractivity contribution < 1.29 is 13.6 Å². The van der Waals surface area contributed by atoms with E-state index in [-0.39, 0.29) is 11.4 Å². The molecule has 4 aromatic rings. The Bertz CT molecular complexity index is 1430. The van der Waals surface area contributed by atoms with Gasteiger partial charge in [-0.15, -0.1) is 0 Å². The smallest absolute Gasteiger partial charge is 0.231 e. The zero-order chi connectivity index (χ0) is 26.9. The summed E-state index contributed by atoms with van der Waals surface area (Å²) < 4.78 is 30.4. The summed E-state index contributed by atoms with van der Waals surface area (Å²) >= 11 is 0. The maximum Gasteiger partial charge on any atom is 0.231 e. The van der Waals surface area contributed by atoms with Gasteiger partial charge in [0.2, 0.25) is 11.9 Å². The van der Waals surface area contributed by atoms with E-state index in [1.54, 1.807) is 6.20 Å². The van der Waals surface area contributed by atoms with Crippen LogP contribution in [-0.2, 0) is 11.3 Å². The molecular weight excluding hydrogens is 482 g/mol. The fourth-order valence-corrected chi connectivity index (χ4v) is 5.24. The monoisotopic (exact) mass is 514 g/mol. The highest BCUT2D eigenvalue weighted by Crippen LogP contribution is 2.38. The molecule has 0 spiro atoms. The van der Waals surface area contributed by atoms with Crippen molar-refractivity contribution >= 4 is 11.9 Å². The van der Waals surface area contributed by atoms with Crippen LogP contribution in [-0.4, -0.2) is 39.0 Å². The number of anilines is 1. The number of likely N-dealkylation sites (tertiary alicyclic amines) is 1. The van der Waals surface area contributed by atoms with Gasteiger partial charge < -0.3 is 4.57 Å². The first-order valence-electron chi connectivity index (χ1n) is 12.9. The van der Waals surface area contributed by atoms with Gasteiger partial charge in [-0.2, -0.15) is 0 Å². The van der Waals surface area contributed by atoms with Gasteiger partial charge in [-0.25, -0.2) is 13.8 Å². The molecule has 1 N–H and O–H groups in total. The van der Waals surface area contributed by atoms with Gasteiger partial charge in [-0.3, -0.25) is 15.0 Å². The number of imidazole rings is 1. The minimum Gasteiger partial charge on any atom is -0.313 e. The summed E-state index contributed by atoms with van der Waals surface area (Å²) in [5, 5.41) is 3.00. The topological polar surface area (TPSA) is 50.2 Å². The lowest BCUT2D eigenvalue weighted by atomic mass is 9.88. The zero-order valence-corrected chi connectivity index (χ0v) is 21.9. The van der Waals surface area contributed by atoms with Crippen molar-refractivity contribution in [3.63, 3.8) is 0 Å². The molecule has 0 unspecified atom stereocenters. The molecule has 196 valence electrons. The summed E-state index contributed by atoms with van der Waals surface area (Å²) in [7, 11) is 0. The number of halogens is 2. The summed E-state index contributed by atoms with van der Waals surface area (Å²) in [6, 6.07) is 21.9. The van der Waals surface area contributed by atoms with Crippen molar-refractivity contribution in [2.24, 2.45) is 5.92 Å². The molecule has 38 heavy (non-hydrogen) atoms. The van der Waals surface area contributed by atoms with Crippen LogP contribution >= 0.6 is 0 Å². The van der Waals surface area contributed by atoms with E-state index in [2.05, 4.69) is 60.2 Å². The largest absolute Gasteiger partial charge is 0.313 e. The molecule has 5 rings (SSSR count). The van der Waals surface area contributed by atoms with Gasteiger partial charge in [0.1, 0.15) is 11.6 Å². The fourth-order valence-electron chi connectivity index (χ4n) is 5.24. The maximum atomic E-state index is 14.8. The first-order chi connectivity index (χ1) is 18.2. The Morgan fingerprint density at radius 3 is 2.47 bits per heavy atom. The third-order valence-electron chi connectivity index (χ3n) is 7.36. The van der Waals surface area contributed by atoms with Crippen LogP contribution < -0.4 is 5.32 Å². The molecule has 1 amide bonds. The van der Waals surface area contributed by atoms with Crippen LogP contribution in [0.25, 0.3) is 11.1 Å². The Balaban J connectivity index is 1.40. The van der Waals surface area contributed by atoms with Crippen LogP contribution in [0.3, 0.4) is 0 Å². The average molecular weight is 515 g/mol. The number of hydrogen-bond donors (Lipinski definition) is 1. The van der Waals surface area contributed by atoms with Gasteiger partial charge in [-0.1, -0.05) is 60.7 Å². The number of carbonyl (C=O) groups is 1. The third-order valence-corrected chi connectivity index (χ3v) is 7.36. The Labute approximate surface area is 222 Å². The second-order valence-corrected chi connectivity index (χ2v) is 10.8. The molecule has 7 heteroatoms. The predicted octanol–water partition coefficient (Wildman–Crippen LogP) is 6.33. The van der Waals surface area contributed by atoms with E-state index in [4.69, 9.17) is 0 Å².